The summed E-state index contributed by atoms with van der Waals surface area (Å²) in [5.74, 6) is -4.35. The zero-order valence-corrected chi connectivity index (χ0v) is 37.2. The first-order valence-electron chi connectivity index (χ1n) is 20.5. The average molecular weight is 845 g/mol. The third-order valence-corrected chi connectivity index (χ3v) is 8.64. The number of carbonyl (C=O) groups excluding carboxylic acids is 7. The molecule has 5 amide bonds. The minimum absolute atomic E-state index is 0.140. The number of carbonyl (C=O) groups is 7. The minimum Gasteiger partial charge on any atom is -0.444 e. The van der Waals surface area contributed by atoms with E-state index in [9.17, 15) is 46.7 Å². The van der Waals surface area contributed by atoms with E-state index in [2.05, 4.69) is 28.2 Å². The number of alkyl halides is 3. The maximum Gasteiger partial charge on any atom is 0.408 e. The zero-order chi connectivity index (χ0) is 45.9. The Bertz CT molecular complexity index is 1420. The first kappa shape index (κ1) is 56.6. The number of nitrogens with one attached hydrogen (secondary N) is 4. The number of hydrogen-bond donors (Lipinski definition) is 4. The van der Waals surface area contributed by atoms with E-state index in [4.69, 9.17) is 4.74 Å². The summed E-state index contributed by atoms with van der Waals surface area (Å²) in [5.41, 5.74) is -0.0491. The van der Waals surface area contributed by atoms with Crippen LogP contribution in [0.15, 0.2) is 30.3 Å². The van der Waals surface area contributed by atoms with Crippen LogP contribution in [0.3, 0.4) is 0 Å². The summed E-state index contributed by atoms with van der Waals surface area (Å²) < 4.78 is 43.5. The molecule has 0 spiro atoms. The van der Waals surface area contributed by atoms with Crippen LogP contribution < -0.4 is 21.3 Å². The second-order valence-corrected chi connectivity index (χ2v) is 14.8. The highest BCUT2D eigenvalue weighted by molar-refractivity contribution is 6.38. The van der Waals surface area contributed by atoms with Crippen molar-refractivity contribution in [2.75, 3.05) is 34.2 Å². The van der Waals surface area contributed by atoms with Crippen LogP contribution in [0.1, 0.15) is 125 Å². The van der Waals surface area contributed by atoms with Gasteiger partial charge in [0.25, 0.3) is 5.91 Å². The zero-order valence-electron chi connectivity index (χ0n) is 37.2. The molecule has 5 atom stereocenters. The number of ether oxygens (including phenoxy) is 1. The molecule has 0 saturated carbocycles. The fourth-order valence-electron chi connectivity index (χ4n) is 5.55. The van der Waals surface area contributed by atoms with E-state index in [-0.39, 0.29) is 5.92 Å². The van der Waals surface area contributed by atoms with Crippen molar-refractivity contribution in [3.8, 4) is 0 Å². The Morgan fingerprint density at radius 2 is 1.53 bits per heavy atom. The number of likely N-dealkylation sites (tertiary alicyclic amines) is 1. The van der Waals surface area contributed by atoms with Gasteiger partial charge in [0.15, 0.2) is 0 Å². The normalized spacial score (nSPS) is 15.6. The highest BCUT2D eigenvalue weighted by Crippen LogP contribution is 2.23. The van der Waals surface area contributed by atoms with Crippen molar-refractivity contribution in [1.82, 2.24) is 31.1 Å². The summed E-state index contributed by atoms with van der Waals surface area (Å²) in [6.07, 6.45) is -1.03. The molecule has 5 unspecified atom stereocenters. The standard InChI is InChI=1S/C24H32F3N5O5.C14H27NO3.2C2H6/c1-31(2)23(37)19(15-8-5-4-6-9-15)30-18(33)14-28-22(36)20(34)16(11-12-24(25,26)27)29-21(35)17-10-7-13-32(17)3;1-6-7-8-9-11(2)12(10-16)15-13(17)18-14(3,4)5;2*1-2/h4-6,8-9,16-17,19H,7,10-14H2,1-3H3,(H,28,36)(H,29,35)(H,30,33);10-12H,6-9H2,1-5H3,(H,15,17);2*1-2H3. The van der Waals surface area contributed by atoms with Crippen molar-refractivity contribution in [3.63, 3.8) is 0 Å². The third kappa shape index (κ3) is 24.2. The molecule has 1 fully saturated rings. The van der Waals surface area contributed by atoms with Gasteiger partial charge in [-0.05, 0) is 71.5 Å². The van der Waals surface area contributed by atoms with Gasteiger partial charge in [-0.25, -0.2) is 4.79 Å². The van der Waals surface area contributed by atoms with Crippen LogP contribution in [-0.4, -0.2) is 116 Å². The largest absolute Gasteiger partial charge is 0.444 e. The van der Waals surface area contributed by atoms with E-state index < -0.39 is 90.8 Å². The lowest BCUT2D eigenvalue weighted by Crippen LogP contribution is -2.53. The maximum absolute atomic E-state index is 12.8. The first-order chi connectivity index (χ1) is 27.6. The lowest BCUT2D eigenvalue weighted by molar-refractivity contribution is -0.146. The molecule has 17 heteroatoms. The van der Waals surface area contributed by atoms with Crippen molar-refractivity contribution in [2.24, 2.45) is 5.92 Å². The minimum atomic E-state index is -4.60. The van der Waals surface area contributed by atoms with Crippen molar-refractivity contribution >= 4 is 41.8 Å². The molecule has 1 aromatic rings. The highest BCUT2D eigenvalue weighted by Gasteiger charge is 2.36. The van der Waals surface area contributed by atoms with Crippen molar-refractivity contribution < 1.29 is 51.5 Å². The molecule has 0 aromatic heterocycles. The van der Waals surface area contributed by atoms with Gasteiger partial charge in [0.2, 0.25) is 23.5 Å². The Balaban J connectivity index is 0. The second-order valence-electron chi connectivity index (χ2n) is 14.8. The van der Waals surface area contributed by atoms with Gasteiger partial charge >= 0.3 is 12.3 Å². The smallest absolute Gasteiger partial charge is 0.408 e. The van der Waals surface area contributed by atoms with Crippen LogP contribution in [-0.2, 0) is 33.5 Å². The van der Waals surface area contributed by atoms with Crippen molar-refractivity contribution in [1.29, 1.82) is 0 Å². The third-order valence-electron chi connectivity index (χ3n) is 8.64. The predicted molar refractivity (Wildman–Crippen MR) is 222 cm³/mol. The van der Waals surface area contributed by atoms with Gasteiger partial charge in [0.05, 0.1) is 24.7 Å². The Hall–Kier alpha value is -4.54. The van der Waals surface area contributed by atoms with Gasteiger partial charge in [0, 0.05) is 20.5 Å². The molecule has 0 bridgehead atoms. The molecule has 1 aliphatic rings. The number of alkyl carbamates (subject to hydrolysis) is 1. The van der Waals surface area contributed by atoms with E-state index >= 15 is 0 Å². The molecular weight excluding hydrogens is 773 g/mol. The molecular formula is C42H71F3N6O8. The number of benzene rings is 1. The SMILES string of the molecule is CC.CC.CCCCCC(C)C(C=O)NC(=O)OC(C)(C)C.CN(C)C(=O)C(NC(=O)CNC(=O)C(=O)C(CCC(F)(F)F)NC(=O)C1CCCN1C)c1ccccc1. The average Bonchev–Trinajstić information content (AvgIpc) is 3.62. The van der Waals surface area contributed by atoms with Gasteiger partial charge < -0.3 is 35.7 Å². The monoisotopic (exact) mass is 845 g/mol. The van der Waals surface area contributed by atoms with E-state index in [1.807, 2.05) is 34.6 Å². The number of Topliss-reactive ketones (excluding diaryl/α,β-unsaturated/α-hetero) is 1. The number of unbranched alkanes of at least 4 members (excludes halogenated alkanes) is 2. The summed E-state index contributed by atoms with van der Waals surface area (Å²) >= 11 is 0. The number of rotatable bonds is 18. The molecule has 2 rings (SSSR count). The highest BCUT2D eigenvalue weighted by atomic mass is 19.4. The quantitative estimate of drug-likeness (QED) is 0.0796. The molecule has 338 valence electrons. The molecule has 1 heterocycles. The summed E-state index contributed by atoms with van der Waals surface area (Å²) in [6, 6.07) is 4.50. The van der Waals surface area contributed by atoms with Gasteiger partial charge in [-0.3, -0.25) is 28.9 Å². The number of likely N-dealkylation sites (N-methyl/N-ethyl adjacent to an activating group) is 2. The van der Waals surface area contributed by atoms with Crippen LogP contribution in [0.2, 0.25) is 0 Å². The second kappa shape index (κ2) is 29.6. The molecule has 0 aliphatic carbocycles. The number of ketones is 1. The Morgan fingerprint density at radius 1 is 0.932 bits per heavy atom. The van der Waals surface area contributed by atoms with Crippen LogP contribution >= 0.6 is 0 Å². The van der Waals surface area contributed by atoms with Gasteiger partial charge in [-0.1, -0.05) is 91.1 Å². The predicted octanol–water partition coefficient (Wildman–Crippen LogP) is 5.89. The summed E-state index contributed by atoms with van der Waals surface area (Å²) in [6.45, 7) is 17.4. The summed E-state index contributed by atoms with van der Waals surface area (Å²) in [7, 11) is 4.69. The molecule has 59 heavy (non-hydrogen) atoms. The van der Waals surface area contributed by atoms with Crippen LogP contribution in [0, 0.1) is 5.92 Å². The van der Waals surface area contributed by atoms with Crippen LogP contribution in [0.25, 0.3) is 0 Å². The molecule has 1 aromatic carbocycles. The molecule has 1 aliphatic heterocycles. The Labute approximate surface area is 349 Å². The fraction of sp³-hybridized carbons (Fsp3) is 0.690. The van der Waals surface area contributed by atoms with E-state index in [0.717, 1.165) is 32.0 Å². The number of nitrogens with zero attached hydrogens (tertiary/aromatic N) is 2. The van der Waals surface area contributed by atoms with Crippen molar-refractivity contribution in [3.05, 3.63) is 35.9 Å². The van der Waals surface area contributed by atoms with E-state index in [1.165, 1.54) is 19.0 Å². The van der Waals surface area contributed by atoms with Gasteiger partial charge in [0.1, 0.15) is 17.9 Å². The van der Waals surface area contributed by atoms with Crippen LogP contribution in [0.4, 0.5) is 18.0 Å². The Morgan fingerprint density at radius 3 is 2.00 bits per heavy atom. The molecule has 0 radical (unpaired) electrons. The summed E-state index contributed by atoms with van der Waals surface area (Å²) in [5, 5.41) is 9.44. The summed E-state index contributed by atoms with van der Waals surface area (Å²) in [4.78, 5) is 88.2. The number of halogens is 3. The topological polar surface area (TPSA) is 183 Å². The first-order valence-corrected chi connectivity index (χ1v) is 20.5. The van der Waals surface area contributed by atoms with Crippen LogP contribution in [0.5, 0.6) is 0 Å². The molecule has 14 nitrogen and oxygen atoms in total. The fourth-order valence-corrected chi connectivity index (χ4v) is 5.55. The lowest BCUT2D eigenvalue weighted by Gasteiger charge is -2.24. The molecule has 4 N–H and O–H groups in total. The van der Waals surface area contributed by atoms with Crippen molar-refractivity contribution in [2.45, 2.75) is 150 Å². The van der Waals surface area contributed by atoms with Gasteiger partial charge in [-0.15, -0.1) is 0 Å². The Kier molecular flexibility index (Phi) is 28.4. The number of amides is 5. The lowest BCUT2D eigenvalue weighted by atomic mass is 9.96. The number of aldehydes is 1. The van der Waals surface area contributed by atoms with E-state index in [1.54, 1.807) is 63.1 Å². The number of hydrogen-bond acceptors (Lipinski definition) is 9. The van der Waals surface area contributed by atoms with Gasteiger partial charge in [-0.2, -0.15) is 13.2 Å². The maximum atomic E-state index is 12.8. The van der Waals surface area contributed by atoms with E-state index in [0.29, 0.717) is 24.9 Å². The molecule has 1 saturated heterocycles.